The van der Waals surface area contributed by atoms with Crippen LogP contribution < -0.4 is 0 Å². The Morgan fingerprint density at radius 3 is 2.13 bits per heavy atom. The summed E-state index contributed by atoms with van der Waals surface area (Å²) < 4.78 is 0. The van der Waals surface area contributed by atoms with Gasteiger partial charge in [-0.3, -0.25) is 0 Å². The van der Waals surface area contributed by atoms with Crippen LogP contribution in [0.25, 0.3) is 0 Å². The highest BCUT2D eigenvalue weighted by Crippen LogP contribution is 2.32. The summed E-state index contributed by atoms with van der Waals surface area (Å²) >= 11 is 0. The molecule has 1 aliphatic rings. The van der Waals surface area contributed by atoms with E-state index in [1.54, 1.807) is 5.56 Å². The van der Waals surface area contributed by atoms with Crippen LogP contribution in [-0.4, -0.2) is 0 Å². The Hall–Kier alpha value is -0.780. The first-order valence-corrected chi connectivity index (χ1v) is 6.34. The molecule has 1 aromatic rings. The molecule has 0 amide bonds. The summed E-state index contributed by atoms with van der Waals surface area (Å²) in [5.41, 5.74) is 4.46. The third-order valence-corrected chi connectivity index (χ3v) is 3.86. The summed E-state index contributed by atoms with van der Waals surface area (Å²) in [6.45, 7) is 4.43. The van der Waals surface area contributed by atoms with Crippen molar-refractivity contribution >= 4 is 0 Å². The van der Waals surface area contributed by atoms with Crippen molar-refractivity contribution < 1.29 is 0 Å². The molecular formula is C15H22. The Morgan fingerprint density at radius 2 is 1.53 bits per heavy atom. The van der Waals surface area contributed by atoms with Crippen LogP contribution in [0, 0.1) is 13.8 Å². The number of aryl methyl sites for hydroxylation is 2. The predicted octanol–water partition coefficient (Wildman–Crippen LogP) is 4.74. The fourth-order valence-corrected chi connectivity index (χ4v) is 2.63. The minimum Gasteiger partial charge on any atom is -0.0588 e. The normalized spacial score (nSPS) is 18.8. The minimum atomic E-state index is 0.840. The van der Waals surface area contributed by atoms with Crippen LogP contribution >= 0.6 is 0 Å². The van der Waals surface area contributed by atoms with Gasteiger partial charge >= 0.3 is 0 Å². The van der Waals surface area contributed by atoms with E-state index in [1.165, 1.54) is 49.7 Å². The molecule has 0 bridgehead atoms. The number of benzene rings is 1. The van der Waals surface area contributed by atoms with E-state index in [-0.39, 0.29) is 0 Å². The van der Waals surface area contributed by atoms with Gasteiger partial charge in [-0.05, 0) is 49.3 Å². The first-order valence-electron chi connectivity index (χ1n) is 6.34. The van der Waals surface area contributed by atoms with Crippen molar-refractivity contribution in [3.63, 3.8) is 0 Å². The van der Waals surface area contributed by atoms with Gasteiger partial charge in [0.1, 0.15) is 0 Å². The standard InChI is InChI=1S/C15H22/c1-12-9-10-15(11-13(12)2)14-7-5-3-4-6-8-14/h9-11,14H,3-8H2,1-2H3. The number of hydrogen-bond acceptors (Lipinski definition) is 0. The summed E-state index contributed by atoms with van der Waals surface area (Å²) in [4.78, 5) is 0. The molecule has 1 saturated carbocycles. The fraction of sp³-hybridized carbons (Fsp3) is 0.600. The van der Waals surface area contributed by atoms with Gasteiger partial charge in [0.25, 0.3) is 0 Å². The molecule has 1 fully saturated rings. The zero-order chi connectivity index (χ0) is 10.7. The van der Waals surface area contributed by atoms with Gasteiger partial charge in [-0.2, -0.15) is 0 Å². The Kier molecular flexibility index (Phi) is 3.45. The van der Waals surface area contributed by atoms with Gasteiger partial charge in [-0.25, -0.2) is 0 Å². The zero-order valence-corrected chi connectivity index (χ0v) is 10.1. The lowest BCUT2D eigenvalue weighted by molar-refractivity contribution is 0.592. The van der Waals surface area contributed by atoms with E-state index < -0.39 is 0 Å². The van der Waals surface area contributed by atoms with Gasteiger partial charge in [-0.1, -0.05) is 43.9 Å². The van der Waals surface area contributed by atoms with Crippen molar-refractivity contribution in [2.75, 3.05) is 0 Å². The monoisotopic (exact) mass is 202 g/mol. The summed E-state index contributed by atoms with van der Waals surface area (Å²) in [7, 11) is 0. The van der Waals surface area contributed by atoms with Crippen LogP contribution in [0.2, 0.25) is 0 Å². The predicted molar refractivity (Wildman–Crippen MR) is 66.4 cm³/mol. The van der Waals surface area contributed by atoms with Crippen molar-refractivity contribution in [1.29, 1.82) is 0 Å². The maximum Gasteiger partial charge on any atom is -0.0162 e. The summed E-state index contributed by atoms with van der Waals surface area (Å²) in [5, 5.41) is 0. The lowest BCUT2D eigenvalue weighted by Crippen LogP contribution is -1.98. The van der Waals surface area contributed by atoms with Gasteiger partial charge in [-0.15, -0.1) is 0 Å². The van der Waals surface area contributed by atoms with Crippen LogP contribution in [0.5, 0.6) is 0 Å². The van der Waals surface area contributed by atoms with Crippen LogP contribution in [-0.2, 0) is 0 Å². The number of hydrogen-bond donors (Lipinski definition) is 0. The van der Waals surface area contributed by atoms with E-state index >= 15 is 0 Å². The van der Waals surface area contributed by atoms with Crippen molar-refractivity contribution in [1.82, 2.24) is 0 Å². The molecule has 0 atom stereocenters. The molecule has 2 rings (SSSR count). The maximum atomic E-state index is 2.41. The van der Waals surface area contributed by atoms with Gasteiger partial charge < -0.3 is 0 Å². The molecule has 0 unspecified atom stereocenters. The first-order chi connectivity index (χ1) is 7.27. The van der Waals surface area contributed by atoms with E-state index in [0.717, 1.165) is 5.92 Å². The molecule has 0 nitrogen and oxygen atoms in total. The smallest absolute Gasteiger partial charge is 0.0162 e. The highest BCUT2D eigenvalue weighted by atomic mass is 14.2. The molecule has 0 N–H and O–H groups in total. The molecule has 0 saturated heterocycles. The van der Waals surface area contributed by atoms with Crippen LogP contribution in [0.3, 0.4) is 0 Å². The fourth-order valence-electron chi connectivity index (χ4n) is 2.63. The third-order valence-electron chi connectivity index (χ3n) is 3.86. The zero-order valence-electron chi connectivity index (χ0n) is 10.1. The molecule has 15 heavy (non-hydrogen) atoms. The van der Waals surface area contributed by atoms with Gasteiger partial charge in [0, 0.05) is 0 Å². The van der Waals surface area contributed by atoms with Crippen LogP contribution in [0.4, 0.5) is 0 Å². The molecule has 0 aliphatic heterocycles. The Morgan fingerprint density at radius 1 is 0.867 bits per heavy atom. The summed E-state index contributed by atoms with van der Waals surface area (Å²) in [5.74, 6) is 0.840. The van der Waals surface area contributed by atoms with Gasteiger partial charge in [0.2, 0.25) is 0 Å². The quantitative estimate of drug-likeness (QED) is 0.577. The Balaban J connectivity index is 2.16. The lowest BCUT2D eigenvalue weighted by atomic mass is 9.90. The molecule has 0 heterocycles. The van der Waals surface area contributed by atoms with Crippen LogP contribution in [0.1, 0.15) is 61.1 Å². The van der Waals surface area contributed by atoms with Crippen molar-refractivity contribution in [3.05, 3.63) is 34.9 Å². The molecule has 0 radical (unpaired) electrons. The Labute approximate surface area is 93.7 Å². The van der Waals surface area contributed by atoms with Crippen molar-refractivity contribution in [2.24, 2.45) is 0 Å². The molecule has 0 heteroatoms. The highest BCUT2D eigenvalue weighted by Gasteiger charge is 2.14. The van der Waals surface area contributed by atoms with E-state index in [9.17, 15) is 0 Å². The molecule has 82 valence electrons. The van der Waals surface area contributed by atoms with Gasteiger partial charge in [0.05, 0.1) is 0 Å². The second kappa shape index (κ2) is 4.83. The van der Waals surface area contributed by atoms with Gasteiger partial charge in [0.15, 0.2) is 0 Å². The summed E-state index contributed by atoms with van der Waals surface area (Å²) in [6, 6.07) is 7.04. The molecular weight excluding hydrogens is 180 g/mol. The highest BCUT2D eigenvalue weighted by molar-refractivity contribution is 5.32. The van der Waals surface area contributed by atoms with Crippen LogP contribution in [0.15, 0.2) is 18.2 Å². The molecule has 0 aromatic heterocycles. The SMILES string of the molecule is Cc1ccc(C2CCCCCC2)cc1C. The topological polar surface area (TPSA) is 0 Å². The second-order valence-electron chi connectivity index (χ2n) is 5.03. The van der Waals surface area contributed by atoms with E-state index in [1.807, 2.05) is 0 Å². The first kappa shape index (κ1) is 10.7. The van der Waals surface area contributed by atoms with E-state index in [4.69, 9.17) is 0 Å². The Bertz CT molecular complexity index is 317. The average molecular weight is 202 g/mol. The van der Waals surface area contributed by atoms with Crippen molar-refractivity contribution in [3.8, 4) is 0 Å². The molecule has 1 aromatic carbocycles. The largest absolute Gasteiger partial charge is 0.0588 e. The average Bonchev–Trinajstić information content (AvgIpc) is 2.50. The third kappa shape index (κ3) is 2.62. The van der Waals surface area contributed by atoms with E-state index in [0.29, 0.717) is 0 Å². The lowest BCUT2D eigenvalue weighted by Gasteiger charge is -2.15. The number of rotatable bonds is 1. The minimum absolute atomic E-state index is 0.840. The molecule has 0 spiro atoms. The maximum absolute atomic E-state index is 2.41. The van der Waals surface area contributed by atoms with Crippen molar-refractivity contribution in [2.45, 2.75) is 58.3 Å². The van der Waals surface area contributed by atoms with E-state index in [2.05, 4.69) is 32.0 Å². The second-order valence-corrected chi connectivity index (χ2v) is 5.03. The summed E-state index contributed by atoms with van der Waals surface area (Å²) in [6.07, 6.45) is 8.56. The molecule has 1 aliphatic carbocycles.